The van der Waals surface area contributed by atoms with E-state index < -0.39 is 11.7 Å². The lowest BCUT2D eigenvalue weighted by Crippen LogP contribution is -2.44. The van der Waals surface area contributed by atoms with Gasteiger partial charge in [0.05, 0.1) is 23.6 Å². The summed E-state index contributed by atoms with van der Waals surface area (Å²) in [5, 5.41) is 18.8. The van der Waals surface area contributed by atoms with Crippen LogP contribution < -0.4 is 10.2 Å². The lowest BCUT2D eigenvalue weighted by Gasteiger charge is -2.29. The van der Waals surface area contributed by atoms with Crippen molar-refractivity contribution in [2.24, 2.45) is 0 Å². The summed E-state index contributed by atoms with van der Waals surface area (Å²) in [6, 6.07) is 3.32. The lowest BCUT2D eigenvalue weighted by molar-refractivity contribution is -0.137. The standard InChI is InChI=1S/C22H27F3N8O/c1-32(13-26)20(27)17-3-2-8-33(17)21-29-16(14-5-9-34-10-6-14)12-19(31-21)30-18-11-15(4-7-28-18)22(23,24)25/h4,7,11-14,17,26-27H,2-3,5-6,8-10H2,1H3,(H,28,29,30,31). The topological polar surface area (TPSA) is 114 Å². The van der Waals surface area contributed by atoms with Gasteiger partial charge < -0.3 is 19.9 Å². The zero-order valence-corrected chi connectivity index (χ0v) is 18.8. The van der Waals surface area contributed by atoms with E-state index in [1.54, 1.807) is 13.1 Å². The molecule has 0 saturated carbocycles. The van der Waals surface area contributed by atoms with Crippen LogP contribution in [0.3, 0.4) is 0 Å². The van der Waals surface area contributed by atoms with Crippen molar-refractivity contribution in [1.82, 2.24) is 19.9 Å². The summed E-state index contributed by atoms with van der Waals surface area (Å²) in [4.78, 5) is 16.8. The fourth-order valence-electron chi connectivity index (χ4n) is 4.25. The number of pyridine rings is 1. The van der Waals surface area contributed by atoms with E-state index >= 15 is 0 Å². The maximum atomic E-state index is 13.2. The van der Waals surface area contributed by atoms with Gasteiger partial charge in [0.1, 0.15) is 17.5 Å². The van der Waals surface area contributed by atoms with Gasteiger partial charge in [-0.1, -0.05) is 0 Å². The summed E-state index contributed by atoms with van der Waals surface area (Å²) in [5.74, 6) is 1.18. The number of nitrogens with one attached hydrogen (secondary N) is 3. The normalized spacial score (nSPS) is 19.2. The predicted octanol–water partition coefficient (Wildman–Crippen LogP) is 4.01. The van der Waals surface area contributed by atoms with Gasteiger partial charge in [-0.25, -0.2) is 9.97 Å². The molecule has 12 heteroatoms. The minimum Gasteiger partial charge on any atom is -0.381 e. The second-order valence-electron chi connectivity index (χ2n) is 8.39. The molecule has 0 aliphatic carbocycles. The predicted molar refractivity (Wildman–Crippen MR) is 122 cm³/mol. The molecule has 0 bridgehead atoms. The number of rotatable bonds is 6. The molecule has 0 aromatic carbocycles. The van der Waals surface area contributed by atoms with Crippen molar-refractivity contribution in [2.75, 3.05) is 37.0 Å². The fourth-order valence-corrected chi connectivity index (χ4v) is 4.25. The summed E-state index contributed by atoms with van der Waals surface area (Å²) in [7, 11) is 1.65. The molecule has 0 amide bonds. The zero-order valence-electron chi connectivity index (χ0n) is 18.8. The van der Waals surface area contributed by atoms with E-state index in [1.807, 2.05) is 4.90 Å². The van der Waals surface area contributed by atoms with E-state index in [0.717, 1.165) is 56.0 Å². The highest BCUT2D eigenvalue weighted by molar-refractivity contribution is 5.94. The lowest BCUT2D eigenvalue weighted by atomic mass is 9.96. The third kappa shape index (κ3) is 5.27. The van der Waals surface area contributed by atoms with Crippen molar-refractivity contribution in [3.63, 3.8) is 0 Å². The molecule has 1 unspecified atom stereocenters. The van der Waals surface area contributed by atoms with Gasteiger partial charge in [0.2, 0.25) is 5.95 Å². The van der Waals surface area contributed by atoms with E-state index in [-0.39, 0.29) is 23.6 Å². The van der Waals surface area contributed by atoms with Crippen molar-refractivity contribution in [3.05, 3.63) is 35.7 Å². The molecule has 2 saturated heterocycles. The van der Waals surface area contributed by atoms with Crippen molar-refractivity contribution in [2.45, 2.75) is 43.8 Å². The summed E-state index contributed by atoms with van der Waals surface area (Å²) < 4.78 is 44.9. The number of halogens is 3. The average Bonchev–Trinajstić information content (AvgIpc) is 3.33. The molecule has 182 valence electrons. The largest absolute Gasteiger partial charge is 0.416 e. The molecule has 3 N–H and O–H groups in total. The highest BCUT2D eigenvalue weighted by atomic mass is 19.4. The summed E-state index contributed by atoms with van der Waals surface area (Å²) in [5.41, 5.74) is -0.0213. The van der Waals surface area contributed by atoms with E-state index in [2.05, 4.69) is 15.3 Å². The molecule has 9 nitrogen and oxygen atoms in total. The SMILES string of the molecule is CN(C=N)C(=N)C1CCCN1c1nc(Nc2cc(C(F)(F)F)ccn2)cc(C2CCOCC2)n1. The smallest absolute Gasteiger partial charge is 0.381 e. The molecular weight excluding hydrogens is 449 g/mol. The molecule has 2 aliphatic heterocycles. The van der Waals surface area contributed by atoms with Crippen molar-refractivity contribution < 1.29 is 17.9 Å². The quantitative estimate of drug-likeness (QED) is 0.426. The maximum absolute atomic E-state index is 13.2. The number of hydrogen-bond donors (Lipinski definition) is 3. The molecule has 0 radical (unpaired) electrons. The van der Waals surface area contributed by atoms with Gasteiger partial charge in [-0.2, -0.15) is 18.2 Å². The molecular formula is C22H27F3N8O. The number of likely N-dealkylation sites (N-methyl/N-ethyl adjacent to an activating group) is 1. The fraction of sp³-hybridized carbons (Fsp3) is 0.500. The summed E-state index contributed by atoms with van der Waals surface area (Å²) >= 11 is 0. The first-order valence-corrected chi connectivity index (χ1v) is 11.1. The average molecular weight is 477 g/mol. The Kier molecular flexibility index (Phi) is 6.96. The summed E-state index contributed by atoms with van der Waals surface area (Å²) in [6.07, 6.45) is 0.845. The molecule has 4 rings (SSSR count). The number of ether oxygens (including phenoxy) is 1. The molecule has 34 heavy (non-hydrogen) atoms. The first-order chi connectivity index (χ1) is 16.3. The minimum absolute atomic E-state index is 0.0339. The number of nitrogens with zero attached hydrogens (tertiary/aromatic N) is 5. The van der Waals surface area contributed by atoms with Gasteiger partial charge in [-0.3, -0.25) is 10.8 Å². The highest BCUT2D eigenvalue weighted by Crippen LogP contribution is 2.33. The molecule has 2 aliphatic rings. The number of hydrogen-bond acceptors (Lipinski definition) is 8. The Morgan fingerprint density at radius 2 is 1.97 bits per heavy atom. The molecule has 1 atom stereocenters. The number of amidine groups is 1. The molecule has 2 aromatic heterocycles. The van der Waals surface area contributed by atoms with Gasteiger partial charge in [-0.15, -0.1) is 0 Å². The number of anilines is 3. The van der Waals surface area contributed by atoms with E-state index in [1.165, 1.54) is 4.90 Å². The van der Waals surface area contributed by atoms with E-state index in [0.29, 0.717) is 31.5 Å². The van der Waals surface area contributed by atoms with Gasteiger partial charge in [0.15, 0.2) is 0 Å². The second kappa shape index (κ2) is 9.92. The van der Waals surface area contributed by atoms with Crippen LogP contribution in [0.5, 0.6) is 0 Å². The summed E-state index contributed by atoms with van der Waals surface area (Å²) in [6.45, 7) is 1.86. The van der Waals surface area contributed by atoms with Crippen LogP contribution in [0, 0.1) is 10.8 Å². The highest BCUT2D eigenvalue weighted by Gasteiger charge is 2.33. The van der Waals surface area contributed by atoms with Gasteiger partial charge in [0, 0.05) is 45.0 Å². The monoisotopic (exact) mass is 476 g/mol. The molecule has 2 fully saturated rings. The number of alkyl halides is 3. The van der Waals surface area contributed by atoms with Crippen LogP contribution in [0.1, 0.15) is 42.9 Å². The Hall–Kier alpha value is -3.28. The van der Waals surface area contributed by atoms with Crippen LogP contribution in [0.25, 0.3) is 0 Å². The van der Waals surface area contributed by atoms with Crippen LogP contribution in [0.15, 0.2) is 24.4 Å². The first-order valence-electron chi connectivity index (χ1n) is 11.1. The van der Waals surface area contributed by atoms with Crippen LogP contribution >= 0.6 is 0 Å². The minimum atomic E-state index is -4.48. The van der Waals surface area contributed by atoms with Gasteiger partial charge in [-0.05, 0) is 37.8 Å². The first kappa shape index (κ1) is 23.9. The third-order valence-electron chi connectivity index (χ3n) is 6.12. The Labute approximate surface area is 195 Å². The Balaban J connectivity index is 1.69. The third-order valence-corrected chi connectivity index (χ3v) is 6.12. The molecule has 2 aromatic rings. The van der Waals surface area contributed by atoms with Crippen LogP contribution in [0.4, 0.5) is 30.8 Å². The van der Waals surface area contributed by atoms with Gasteiger partial charge >= 0.3 is 6.18 Å². The van der Waals surface area contributed by atoms with Gasteiger partial charge in [0.25, 0.3) is 0 Å². The van der Waals surface area contributed by atoms with Crippen LogP contribution in [0.2, 0.25) is 0 Å². The Bertz CT molecular complexity index is 1040. The molecule has 0 spiro atoms. The Morgan fingerprint density at radius 3 is 2.68 bits per heavy atom. The molecule has 4 heterocycles. The second-order valence-corrected chi connectivity index (χ2v) is 8.39. The van der Waals surface area contributed by atoms with E-state index in [4.69, 9.17) is 20.5 Å². The maximum Gasteiger partial charge on any atom is 0.416 e. The zero-order chi connectivity index (χ0) is 24.3. The van der Waals surface area contributed by atoms with Crippen molar-refractivity contribution in [3.8, 4) is 0 Å². The van der Waals surface area contributed by atoms with Crippen LogP contribution in [-0.2, 0) is 10.9 Å². The number of aromatic nitrogens is 3. The van der Waals surface area contributed by atoms with Crippen LogP contribution in [-0.4, -0.2) is 64.9 Å². The van der Waals surface area contributed by atoms with Crippen molar-refractivity contribution >= 4 is 29.8 Å². The Morgan fingerprint density at radius 1 is 1.21 bits per heavy atom. The van der Waals surface area contributed by atoms with Crippen molar-refractivity contribution in [1.29, 1.82) is 10.8 Å². The van der Waals surface area contributed by atoms with E-state index in [9.17, 15) is 13.2 Å².